The molecule has 15 nitrogen and oxygen atoms in total. The minimum absolute atomic E-state index is 0.546. The minimum Gasteiger partial charge on any atom is -0.426 e. The van der Waals surface area contributed by atoms with Crippen LogP contribution in [0.2, 0.25) is 0 Å². The summed E-state index contributed by atoms with van der Waals surface area (Å²) in [6.07, 6.45) is 20.0. The van der Waals surface area contributed by atoms with Crippen LogP contribution in [-0.2, 0) is 9.47 Å². The fraction of sp³-hybridized carbons (Fsp3) is 0.627. The quantitative estimate of drug-likeness (QED) is 0.146. The van der Waals surface area contributed by atoms with Crippen LogP contribution in [0.5, 0.6) is 0 Å². The Kier molecular flexibility index (Phi) is 88.3. The first-order chi connectivity index (χ1) is 37.7. The fourth-order valence-electron chi connectivity index (χ4n) is 4.17. The summed E-state index contributed by atoms with van der Waals surface area (Å²) in [5.74, 6) is 3.04. The molecule has 2 fully saturated rings. The topological polar surface area (TPSA) is 192 Å². The van der Waals surface area contributed by atoms with Gasteiger partial charge in [-0.1, -0.05) is 124 Å². The number of imidazole rings is 2. The second-order valence-corrected chi connectivity index (χ2v) is 17.9. The number of thiazole rings is 3. The van der Waals surface area contributed by atoms with Crippen LogP contribution >= 0.6 is 45.3 Å². The number of aromatic nitrogens is 11. The zero-order valence-electron chi connectivity index (χ0n) is 54.4. The molecule has 10 heterocycles. The Morgan fingerprint density at radius 3 is 1.31 bits per heavy atom. The molecule has 3 aliphatic rings. The molecule has 2 saturated heterocycles. The number of aromatic amines is 2. The minimum atomic E-state index is 0.546. The van der Waals surface area contributed by atoms with Gasteiger partial charge in [-0.3, -0.25) is 19.9 Å². The van der Waals surface area contributed by atoms with Gasteiger partial charge in [-0.2, -0.15) is 0 Å². The summed E-state index contributed by atoms with van der Waals surface area (Å²) in [4.78, 5) is 30.4. The summed E-state index contributed by atoms with van der Waals surface area (Å²) in [5, 5.41) is 22.0. The number of H-pyrrole nitrogens is 2. The fourth-order valence-corrected chi connectivity index (χ4v) is 6.16. The molecule has 0 aliphatic carbocycles. The van der Waals surface area contributed by atoms with Gasteiger partial charge in [0, 0.05) is 110 Å². The molecule has 0 bridgehead atoms. The summed E-state index contributed by atoms with van der Waals surface area (Å²) < 4.78 is 15.1. The third-order valence-electron chi connectivity index (χ3n) is 7.32. The second kappa shape index (κ2) is 76.6. The summed E-state index contributed by atoms with van der Waals surface area (Å²) in [5.41, 5.74) is 7.02. The van der Waals surface area contributed by atoms with Gasteiger partial charge < -0.3 is 23.9 Å². The molecule has 452 valence electrons. The lowest BCUT2D eigenvalue weighted by Crippen LogP contribution is -1.94. The van der Waals surface area contributed by atoms with Crippen molar-refractivity contribution in [2.24, 2.45) is 10.9 Å². The van der Waals surface area contributed by atoms with Gasteiger partial charge in [0.2, 0.25) is 11.8 Å². The van der Waals surface area contributed by atoms with Crippen molar-refractivity contribution < 1.29 is 13.9 Å². The van der Waals surface area contributed by atoms with Gasteiger partial charge >= 0.3 is 0 Å². The summed E-state index contributed by atoms with van der Waals surface area (Å²) >= 11 is 6.58. The van der Waals surface area contributed by atoms with Crippen molar-refractivity contribution in [1.29, 1.82) is 0 Å². The van der Waals surface area contributed by atoms with Gasteiger partial charge in [-0.25, -0.2) is 9.97 Å². The Balaban J connectivity index is -0.000000113. The molecule has 0 spiro atoms. The molecule has 2 atom stereocenters. The van der Waals surface area contributed by atoms with E-state index < -0.39 is 0 Å². The number of hydrogen-bond acceptors (Lipinski definition) is 17. The van der Waals surface area contributed by atoms with E-state index in [1.807, 2.05) is 200 Å². The molecule has 7 aromatic heterocycles. The van der Waals surface area contributed by atoms with Gasteiger partial charge in [0.1, 0.15) is 15.8 Å². The Bertz CT molecular complexity index is 1750. The zero-order chi connectivity index (χ0) is 61.8. The Morgan fingerprint density at radius 1 is 0.590 bits per heavy atom. The molecule has 0 amide bonds. The van der Waals surface area contributed by atoms with Crippen LogP contribution in [-0.4, -0.2) is 87.4 Å². The van der Waals surface area contributed by atoms with Crippen LogP contribution in [0.1, 0.15) is 206 Å². The molecular formula is C59H114N12O3S4. The number of rotatable bonds is 0. The van der Waals surface area contributed by atoms with Gasteiger partial charge in [-0.15, -0.1) is 65.7 Å². The predicted molar refractivity (Wildman–Crippen MR) is 347 cm³/mol. The van der Waals surface area contributed by atoms with Crippen LogP contribution in [0.3, 0.4) is 0 Å². The van der Waals surface area contributed by atoms with E-state index in [4.69, 9.17) is 13.9 Å². The molecular weight excluding hydrogens is 1050 g/mol. The lowest BCUT2D eigenvalue weighted by atomic mass is 10.2. The monoisotopic (exact) mass is 1170 g/mol. The maximum Gasteiger partial charge on any atom is 0.213 e. The molecule has 2 unspecified atom stereocenters. The molecule has 10 rings (SSSR count). The van der Waals surface area contributed by atoms with Crippen LogP contribution in [0.15, 0.2) is 80.3 Å². The first-order valence-electron chi connectivity index (χ1n) is 28.1. The number of hydrogen-bond donors (Lipinski definition) is 2. The summed E-state index contributed by atoms with van der Waals surface area (Å²) in [6.45, 7) is 58.6. The number of aliphatic imine (C=N–C) groups is 1. The standard InChI is InChI=1S/C5H7N.2C5H10O.C4H6N2O.C4H6N2S.2C4H6N2.3C4H5NS.8C2H6/c1-5-3-2-4-6-5;1-5-2-3-6-4-5;1-5-3-2-4-6-5;2*1-3-5-6-4(2)7-3;1-4-2-5-3-6-4;1-4-5-2-3-6-4;1-4-2-6-3-5-4;1-4-2-5-3-6-4;1-4-5-2-3-6-4;8*1-2/h3-4H,2H2,1H3;2*5H,2-4H2,1H3;2*1-2H3;2*2-3H,1H3,(H,5,6);3*2-3H,1H3;8*1-2H3. The predicted octanol–water partition coefficient (Wildman–Crippen LogP) is 19.4. The highest BCUT2D eigenvalue weighted by atomic mass is 32.1. The number of aryl methyl sites for hydroxylation is 9. The number of allylic oxidation sites excluding steroid dienone is 2. The molecule has 0 saturated carbocycles. The van der Waals surface area contributed by atoms with Crippen molar-refractivity contribution >= 4 is 51.6 Å². The molecule has 7 aromatic rings. The van der Waals surface area contributed by atoms with E-state index in [1.54, 1.807) is 90.3 Å². The van der Waals surface area contributed by atoms with E-state index in [2.05, 4.69) is 80.2 Å². The van der Waals surface area contributed by atoms with Gasteiger partial charge in [0.25, 0.3) is 0 Å². The van der Waals surface area contributed by atoms with E-state index in [1.165, 1.54) is 24.1 Å². The third kappa shape index (κ3) is 73.4. The van der Waals surface area contributed by atoms with E-state index in [-0.39, 0.29) is 0 Å². The van der Waals surface area contributed by atoms with Gasteiger partial charge in [-0.05, 0) is 87.5 Å². The van der Waals surface area contributed by atoms with Crippen molar-refractivity contribution in [2.45, 2.75) is 226 Å². The van der Waals surface area contributed by atoms with Crippen LogP contribution in [0.4, 0.5) is 0 Å². The normalized spacial score (nSPS) is 12.4. The average Bonchev–Trinajstić information content (AvgIpc) is 4.29. The van der Waals surface area contributed by atoms with E-state index >= 15 is 0 Å². The summed E-state index contributed by atoms with van der Waals surface area (Å²) in [7, 11) is 0. The van der Waals surface area contributed by atoms with Crippen LogP contribution in [0.25, 0.3) is 0 Å². The number of nitrogens with zero attached hydrogens (tertiary/aromatic N) is 10. The zero-order valence-corrected chi connectivity index (χ0v) is 57.6. The van der Waals surface area contributed by atoms with Gasteiger partial charge in [0.15, 0.2) is 0 Å². The van der Waals surface area contributed by atoms with E-state index in [9.17, 15) is 0 Å². The first kappa shape index (κ1) is 89.9. The molecule has 78 heavy (non-hydrogen) atoms. The Hall–Kier alpha value is -4.66. The van der Waals surface area contributed by atoms with Crippen molar-refractivity contribution in [3.8, 4) is 0 Å². The highest BCUT2D eigenvalue weighted by Gasteiger charge is 2.08. The molecule has 0 radical (unpaired) electrons. The smallest absolute Gasteiger partial charge is 0.213 e. The highest BCUT2D eigenvalue weighted by Crippen LogP contribution is 2.10. The highest BCUT2D eigenvalue weighted by molar-refractivity contribution is 7.11. The Labute approximate surface area is 494 Å². The summed E-state index contributed by atoms with van der Waals surface area (Å²) in [6, 6.07) is 0. The molecule has 3 aliphatic heterocycles. The van der Waals surface area contributed by atoms with E-state index in [0.29, 0.717) is 17.9 Å². The molecule has 0 aromatic carbocycles. The Morgan fingerprint density at radius 2 is 1.18 bits per heavy atom. The van der Waals surface area contributed by atoms with E-state index in [0.717, 1.165) is 70.1 Å². The van der Waals surface area contributed by atoms with Crippen LogP contribution < -0.4 is 0 Å². The number of nitrogens with one attached hydrogen (secondary N) is 2. The lowest BCUT2D eigenvalue weighted by Gasteiger charge is -1.94. The maximum absolute atomic E-state index is 5.15. The molecule has 19 heteroatoms. The molecule has 2 N–H and O–H groups in total. The first-order valence-corrected chi connectivity index (χ1v) is 31.6. The van der Waals surface area contributed by atoms with Crippen molar-refractivity contribution in [1.82, 2.24) is 55.3 Å². The largest absolute Gasteiger partial charge is 0.426 e. The average molecular weight is 1170 g/mol. The van der Waals surface area contributed by atoms with Crippen LogP contribution in [0, 0.1) is 68.2 Å². The lowest BCUT2D eigenvalue weighted by molar-refractivity contribution is 0.125. The van der Waals surface area contributed by atoms with Gasteiger partial charge in [0.05, 0.1) is 28.5 Å². The third-order valence-corrected chi connectivity index (χ3v) is 10.2. The maximum atomic E-state index is 5.15. The second-order valence-electron chi connectivity index (χ2n) is 13.6. The van der Waals surface area contributed by atoms with Crippen molar-refractivity contribution in [2.75, 3.05) is 19.8 Å². The van der Waals surface area contributed by atoms with Crippen molar-refractivity contribution in [3.63, 3.8) is 0 Å². The van der Waals surface area contributed by atoms with Crippen molar-refractivity contribution in [3.05, 3.63) is 120 Å². The SMILES string of the molecule is CC.CC.CC.CC.CC.CC.CC.CC.CC1=CCC=N1.CC1CCCO1.CC1CCOC1.Cc1cnc[nH]1.Cc1cncs1.Cc1cscn1.Cc1ncc[nH]1.Cc1nccs1.Cc1nnc(C)o1.Cc1nnc(C)s1. The number of ether oxygens (including phenoxy) is 2.